The molecule has 1 fully saturated rings. The number of amides is 2. The standard InChI is InChI=1S/C15H21N3O2/c1-10-6-11(2)9-18(8-10)15(20)13-4-5-16-14(7-13)17-12(3)19/h4-5,7,10-11H,6,8-9H2,1-3H3,(H,16,17,19). The van der Waals surface area contributed by atoms with E-state index in [1.807, 2.05) is 4.90 Å². The summed E-state index contributed by atoms with van der Waals surface area (Å²) in [4.78, 5) is 29.5. The molecule has 20 heavy (non-hydrogen) atoms. The second-order valence-corrected chi connectivity index (χ2v) is 5.77. The van der Waals surface area contributed by atoms with E-state index >= 15 is 0 Å². The summed E-state index contributed by atoms with van der Waals surface area (Å²) in [5.74, 6) is 1.29. The molecular weight excluding hydrogens is 254 g/mol. The smallest absolute Gasteiger partial charge is 0.254 e. The van der Waals surface area contributed by atoms with Crippen molar-refractivity contribution in [1.82, 2.24) is 9.88 Å². The molecule has 5 nitrogen and oxygen atoms in total. The molecule has 0 saturated carbocycles. The lowest BCUT2D eigenvalue weighted by Crippen LogP contribution is -2.42. The van der Waals surface area contributed by atoms with Gasteiger partial charge in [0, 0.05) is 31.8 Å². The van der Waals surface area contributed by atoms with Crippen LogP contribution in [0.15, 0.2) is 18.3 Å². The van der Waals surface area contributed by atoms with E-state index in [9.17, 15) is 9.59 Å². The average molecular weight is 275 g/mol. The van der Waals surface area contributed by atoms with Gasteiger partial charge in [-0.2, -0.15) is 0 Å². The van der Waals surface area contributed by atoms with Gasteiger partial charge in [0.15, 0.2) is 0 Å². The van der Waals surface area contributed by atoms with Crippen molar-refractivity contribution in [3.63, 3.8) is 0 Å². The molecule has 1 aromatic rings. The first kappa shape index (κ1) is 14.5. The molecule has 1 saturated heterocycles. The molecule has 2 amide bonds. The summed E-state index contributed by atoms with van der Waals surface area (Å²) in [7, 11) is 0. The van der Waals surface area contributed by atoms with Crippen LogP contribution in [0.5, 0.6) is 0 Å². The fraction of sp³-hybridized carbons (Fsp3) is 0.533. The van der Waals surface area contributed by atoms with Crippen molar-refractivity contribution < 1.29 is 9.59 Å². The summed E-state index contributed by atoms with van der Waals surface area (Å²) >= 11 is 0. The van der Waals surface area contributed by atoms with Crippen LogP contribution in [0.2, 0.25) is 0 Å². The van der Waals surface area contributed by atoms with Crippen molar-refractivity contribution in [3.8, 4) is 0 Å². The number of nitrogens with one attached hydrogen (secondary N) is 1. The van der Waals surface area contributed by atoms with Crippen LogP contribution >= 0.6 is 0 Å². The van der Waals surface area contributed by atoms with Crippen LogP contribution in [0.3, 0.4) is 0 Å². The summed E-state index contributed by atoms with van der Waals surface area (Å²) in [6.45, 7) is 7.35. The Morgan fingerprint density at radius 1 is 1.30 bits per heavy atom. The number of anilines is 1. The lowest BCUT2D eigenvalue weighted by molar-refractivity contribution is -0.114. The van der Waals surface area contributed by atoms with E-state index < -0.39 is 0 Å². The minimum Gasteiger partial charge on any atom is -0.338 e. The van der Waals surface area contributed by atoms with Gasteiger partial charge in [-0.05, 0) is 30.4 Å². The van der Waals surface area contributed by atoms with Gasteiger partial charge in [0.1, 0.15) is 5.82 Å². The van der Waals surface area contributed by atoms with E-state index in [1.54, 1.807) is 18.3 Å². The lowest BCUT2D eigenvalue weighted by Gasteiger charge is -2.35. The van der Waals surface area contributed by atoms with E-state index in [0.717, 1.165) is 19.5 Å². The Balaban J connectivity index is 2.14. The zero-order valence-electron chi connectivity index (χ0n) is 12.2. The predicted molar refractivity (Wildman–Crippen MR) is 77.4 cm³/mol. The summed E-state index contributed by atoms with van der Waals surface area (Å²) in [6.07, 6.45) is 2.71. The molecule has 5 heteroatoms. The highest BCUT2D eigenvalue weighted by Gasteiger charge is 2.26. The van der Waals surface area contributed by atoms with Crippen molar-refractivity contribution in [2.24, 2.45) is 11.8 Å². The molecule has 1 aliphatic rings. The van der Waals surface area contributed by atoms with Crippen molar-refractivity contribution in [3.05, 3.63) is 23.9 Å². The van der Waals surface area contributed by atoms with Crippen molar-refractivity contribution in [2.45, 2.75) is 27.2 Å². The third kappa shape index (κ3) is 3.56. The Hall–Kier alpha value is -1.91. The first-order chi connectivity index (χ1) is 9.45. The molecule has 2 heterocycles. The van der Waals surface area contributed by atoms with Crippen LogP contribution in [0.25, 0.3) is 0 Å². The number of aromatic nitrogens is 1. The average Bonchev–Trinajstić information content (AvgIpc) is 2.36. The van der Waals surface area contributed by atoms with Gasteiger partial charge in [-0.1, -0.05) is 13.8 Å². The largest absolute Gasteiger partial charge is 0.338 e. The monoisotopic (exact) mass is 275 g/mol. The third-order valence-corrected chi connectivity index (χ3v) is 3.47. The predicted octanol–water partition coefficient (Wildman–Crippen LogP) is 2.16. The molecule has 0 radical (unpaired) electrons. The Morgan fingerprint density at radius 2 is 1.95 bits per heavy atom. The summed E-state index contributed by atoms with van der Waals surface area (Å²) in [5, 5.41) is 2.60. The molecule has 108 valence electrons. The van der Waals surface area contributed by atoms with Gasteiger partial charge in [0.2, 0.25) is 5.91 Å². The zero-order chi connectivity index (χ0) is 14.7. The molecule has 2 atom stereocenters. The first-order valence-corrected chi connectivity index (χ1v) is 6.98. The van der Waals surface area contributed by atoms with Gasteiger partial charge < -0.3 is 10.2 Å². The topological polar surface area (TPSA) is 62.3 Å². The number of hydrogen-bond donors (Lipinski definition) is 1. The molecule has 0 bridgehead atoms. The van der Waals surface area contributed by atoms with Crippen LogP contribution in [0, 0.1) is 11.8 Å². The molecular formula is C15H21N3O2. The fourth-order valence-corrected chi connectivity index (χ4v) is 2.82. The number of pyridine rings is 1. The highest BCUT2D eigenvalue weighted by molar-refractivity contribution is 5.96. The molecule has 2 unspecified atom stereocenters. The van der Waals surface area contributed by atoms with Crippen LogP contribution in [-0.4, -0.2) is 34.8 Å². The van der Waals surface area contributed by atoms with Gasteiger partial charge in [0.05, 0.1) is 0 Å². The van der Waals surface area contributed by atoms with Gasteiger partial charge in [-0.25, -0.2) is 4.98 Å². The van der Waals surface area contributed by atoms with Crippen molar-refractivity contribution in [1.29, 1.82) is 0 Å². The molecule has 2 rings (SSSR count). The SMILES string of the molecule is CC(=O)Nc1cc(C(=O)N2CC(C)CC(C)C2)ccn1. The lowest BCUT2D eigenvalue weighted by atomic mass is 9.91. The van der Waals surface area contributed by atoms with Crippen LogP contribution in [0.1, 0.15) is 37.6 Å². The second kappa shape index (κ2) is 6.03. The quantitative estimate of drug-likeness (QED) is 0.899. The fourth-order valence-electron chi connectivity index (χ4n) is 2.82. The minimum atomic E-state index is -0.192. The summed E-state index contributed by atoms with van der Waals surface area (Å²) in [6, 6.07) is 3.32. The maximum Gasteiger partial charge on any atom is 0.254 e. The van der Waals surface area contributed by atoms with Gasteiger partial charge >= 0.3 is 0 Å². The molecule has 0 spiro atoms. The van der Waals surface area contributed by atoms with Gasteiger partial charge in [0.25, 0.3) is 5.91 Å². The highest BCUT2D eigenvalue weighted by Crippen LogP contribution is 2.22. The molecule has 0 aromatic carbocycles. The Bertz CT molecular complexity index is 506. The van der Waals surface area contributed by atoms with Crippen LogP contribution in [-0.2, 0) is 4.79 Å². The number of hydrogen-bond acceptors (Lipinski definition) is 3. The Labute approximate surface area is 119 Å². The Kier molecular flexibility index (Phi) is 4.37. The summed E-state index contributed by atoms with van der Waals surface area (Å²) in [5.41, 5.74) is 0.574. The van der Waals surface area contributed by atoms with Gasteiger partial charge in [-0.15, -0.1) is 0 Å². The number of carbonyl (C=O) groups excluding carboxylic acids is 2. The van der Waals surface area contributed by atoms with E-state index in [4.69, 9.17) is 0 Å². The van der Waals surface area contributed by atoms with Crippen LogP contribution < -0.4 is 5.32 Å². The number of rotatable bonds is 2. The zero-order valence-corrected chi connectivity index (χ0v) is 12.2. The normalized spacial score (nSPS) is 22.4. The van der Waals surface area contributed by atoms with E-state index in [0.29, 0.717) is 23.2 Å². The second-order valence-electron chi connectivity index (χ2n) is 5.77. The number of carbonyl (C=O) groups is 2. The van der Waals surface area contributed by atoms with E-state index in [1.165, 1.54) is 6.92 Å². The van der Waals surface area contributed by atoms with Crippen molar-refractivity contribution >= 4 is 17.6 Å². The number of piperidine rings is 1. The number of nitrogens with zero attached hydrogens (tertiary/aromatic N) is 2. The molecule has 1 aromatic heterocycles. The maximum absolute atomic E-state index is 12.5. The first-order valence-electron chi connectivity index (χ1n) is 6.98. The Morgan fingerprint density at radius 3 is 2.55 bits per heavy atom. The van der Waals surface area contributed by atoms with Crippen molar-refractivity contribution in [2.75, 3.05) is 18.4 Å². The third-order valence-electron chi connectivity index (χ3n) is 3.47. The maximum atomic E-state index is 12.5. The number of likely N-dealkylation sites (tertiary alicyclic amines) is 1. The van der Waals surface area contributed by atoms with Gasteiger partial charge in [-0.3, -0.25) is 9.59 Å². The van der Waals surface area contributed by atoms with E-state index in [2.05, 4.69) is 24.1 Å². The van der Waals surface area contributed by atoms with Crippen LogP contribution in [0.4, 0.5) is 5.82 Å². The summed E-state index contributed by atoms with van der Waals surface area (Å²) < 4.78 is 0. The molecule has 1 aliphatic heterocycles. The van der Waals surface area contributed by atoms with E-state index in [-0.39, 0.29) is 11.8 Å². The minimum absolute atomic E-state index is 0.0115. The highest BCUT2D eigenvalue weighted by atomic mass is 16.2. The molecule has 1 N–H and O–H groups in total. The molecule has 0 aliphatic carbocycles.